The van der Waals surface area contributed by atoms with Crippen LogP contribution in [0, 0.1) is 20.8 Å². The van der Waals surface area contributed by atoms with Gasteiger partial charge in [0.2, 0.25) is 11.8 Å². The van der Waals surface area contributed by atoms with Gasteiger partial charge in [0, 0.05) is 41.3 Å². The molecular formula is C29H30N2O7. The minimum absolute atomic E-state index is 0.0310. The Labute approximate surface area is 218 Å². The first-order chi connectivity index (χ1) is 18.2. The molecule has 0 saturated carbocycles. The Morgan fingerprint density at radius 1 is 0.974 bits per heavy atom. The predicted octanol–water partition coefficient (Wildman–Crippen LogP) is 3.72. The summed E-state index contributed by atoms with van der Waals surface area (Å²) in [6.45, 7) is 5.58. The van der Waals surface area contributed by atoms with Gasteiger partial charge in [-0.25, -0.2) is 4.79 Å². The van der Waals surface area contributed by atoms with Gasteiger partial charge < -0.3 is 24.6 Å². The number of amides is 2. The third kappa shape index (κ3) is 5.77. The molecule has 198 valence electrons. The van der Waals surface area contributed by atoms with E-state index in [1.807, 2.05) is 57.2 Å². The van der Waals surface area contributed by atoms with Gasteiger partial charge in [0.15, 0.2) is 0 Å². The second kappa shape index (κ2) is 11.3. The average molecular weight is 519 g/mol. The van der Waals surface area contributed by atoms with Gasteiger partial charge in [-0.3, -0.25) is 14.4 Å². The Hall–Kier alpha value is -4.40. The number of rotatable bonds is 10. The summed E-state index contributed by atoms with van der Waals surface area (Å²) in [4.78, 5) is 49.3. The summed E-state index contributed by atoms with van der Waals surface area (Å²) in [6, 6.07) is 10.2. The Bertz CT molecular complexity index is 1570. The molecule has 0 unspecified atom stereocenters. The fourth-order valence-electron chi connectivity index (χ4n) is 4.59. The van der Waals surface area contributed by atoms with Gasteiger partial charge in [-0.2, -0.15) is 0 Å². The molecule has 2 aromatic carbocycles. The fraction of sp³-hybridized carbons (Fsp3) is 0.310. The van der Waals surface area contributed by atoms with E-state index in [1.54, 1.807) is 6.26 Å². The molecule has 0 aliphatic heterocycles. The first-order valence-corrected chi connectivity index (χ1v) is 12.4. The number of aryl methyl sites for hydroxylation is 3. The lowest BCUT2D eigenvalue weighted by molar-refractivity contribution is -0.137. The Morgan fingerprint density at radius 3 is 2.42 bits per heavy atom. The summed E-state index contributed by atoms with van der Waals surface area (Å²) < 4.78 is 11.3. The Balaban J connectivity index is 1.51. The van der Waals surface area contributed by atoms with Crippen LogP contribution in [0.3, 0.4) is 0 Å². The van der Waals surface area contributed by atoms with Crippen LogP contribution in [0.5, 0.6) is 0 Å². The number of benzene rings is 2. The molecule has 0 spiro atoms. The zero-order chi connectivity index (χ0) is 27.4. The molecule has 0 bridgehead atoms. The minimum atomic E-state index is -1.03. The summed E-state index contributed by atoms with van der Waals surface area (Å²) in [5.74, 6) is -1.91. The predicted molar refractivity (Wildman–Crippen MR) is 142 cm³/mol. The van der Waals surface area contributed by atoms with Gasteiger partial charge in [0.05, 0.1) is 12.7 Å². The minimum Gasteiger partial charge on any atom is -0.481 e. The van der Waals surface area contributed by atoms with Crippen molar-refractivity contribution in [1.82, 2.24) is 10.6 Å². The van der Waals surface area contributed by atoms with Crippen LogP contribution in [0.1, 0.15) is 40.7 Å². The van der Waals surface area contributed by atoms with Crippen molar-refractivity contribution < 1.29 is 28.3 Å². The average Bonchev–Trinajstić information content (AvgIpc) is 3.25. The smallest absolute Gasteiger partial charge is 0.339 e. The SMILES string of the molecule is Cc1coc2c(C)c3oc(=O)c(CCC(=O)N[C@H](Cc4ccccc4)C(=O)NCCC(=O)O)c(C)c3cc12. The maximum absolute atomic E-state index is 12.9. The first kappa shape index (κ1) is 26.7. The van der Waals surface area contributed by atoms with E-state index in [1.165, 1.54) is 0 Å². The van der Waals surface area contributed by atoms with E-state index >= 15 is 0 Å². The summed E-state index contributed by atoms with van der Waals surface area (Å²) in [5.41, 5.74) is 4.32. The van der Waals surface area contributed by atoms with Gasteiger partial charge in [-0.05, 0) is 49.9 Å². The molecule has 0 aliphatic rings. The van der Waals surface area contributed by atoms with Crippen molar-refractivity contribution in [3.63, 3.8) is 0 Å². The van der Waals surface area contributed by atoms with E-state index in [4.69, 9.17) is 13.9 Å². The number of carboxylic acids is 1. The van der Waals surface area contributed by atoms with E-state index in [0.717, 1.165) is 33.0 Å². The topological polar surface area (TPSA) is 139 Å². The lowest BCUT2D eigenvalue weighted by Crippen LogP contribution is -2.48. The van der Waals surface area contributed by atoms with E-state index < -0.39 is 29.5 Å². The molecule has 9 heteroatoms. The zero-order valence-corrected chi connectivity index (χ0v) is 21.6. The second-order valence-corrected chi connectivity index (χ2v) is 9.41. The molecule has 4 aromatic rings. The van der Waals surface area contributed by atoms with Crippen LogP contribution in [0.2, 0.25) is 0 Å². The molecule has 0 fully saturated rings. The van der Waals surface area contributed by atoms with Crippen molar-refractivity contribution in [2.45, 2.75) is 52.5 Å². The number of carboxylic acid groups (broad SMARTS) is 1. The van der Waals surface area contributed by atoms with Gasteiger partial charge >= 0.3 is 11.6 Å². The second-order valence-electron chi connectivity index (χ2n) is 9.41. The fourth-order valence-corrected chi connectivity index (χ4v) is 4.59. The van der Waals surface area contributed by atoms with Crippen molar-refractivity contribution in [2.24, 2.45) is 0 Å². The van der Waals surface area contributed by atoms with Crippen LogP contribution < -0.4 is 16.3 Å². The molecule has 1 atom stereocenters. The first-order valence-electron chi connectivity index (χ1n) is 12.4. The molecule has 0 radical (unpaired) electrons. The summed E-state index contributed by atoms with van der Waals surface area (Å²) in [7, 11) is 0. The number of hydrogen-bond acceptors (Lipinski definition) is 6. The van der Waals surface area contributed by atoms with E-state index in [0.29, 0.717) is 16.7 Å². The number of aliphatic carboxylic acids is 1. The third-order valence-electron chi connectivity index (χ3n) is 6.71. The molecule has 2 amide bonds. The zero-order valence-electron chi connectivity index (χ0n) is 21.6. The molecular weight excluding hydrogens is 488 g/mol. The molecule has 38 heavy (non-hydrogen) atoms. The molecule has 4 rings (SSSR count). The van der Waals surface area contributed by atoms with E-state index in [9.17, 15) is 19.2 Å². The van der Waals surface area contributed by atoms with Crippen LogP contribution in [-0.4, -0.2) is 35.5 Å². The lowest BCUT2D eigenvalue weighted by atomic mass is 9.98. The standard InChI is InChI=1S/C29H30N2O7/c1-16-15-37-26-18(3)27-22(14-21(16)26)17(2)20(29(36)38-27)9-10-24(32)31-23(13-19-7-5-4-6-8-19)28(35)30-12-11-25(33)34/h4-8,14-15,23H,9-13H2,1-3H3,(H,30,35)(H,31,32)(H,33,34)/t23-/m1/s1. The number of carbonyl (C=O) groups excluding carboxylic acids is 2. The maximum Gasteiger partial charge on any atom is 0.339 e. The number of nitrogens with one attached hydrogen (secondary N) is 2. The number of fused-ring (bicyclic) bond motifs is 2. The molecule has 2 aromatic heterocycles. The maximum atomic E-state index is 12.9. The normalized spacial score (nSPS) is 12.0. The number of hydrogen-bond donors (Lipinski definition) is 3. The summed E-state index contributed by atoms with van der Waals surface area (Å²) >= 11 is 0. The summed E-state index contributed by atoms with van der Waals surface area (Å²) in [5, 5.41) is 15.9. The molecule has 2 heterocycles. The molecule has 9 nitrogen and oxygen atoms in total. The Morgan fingerprint density at radius 2 is 1.71 bits per heavy atom. The van der Waals surface area contributed by atoms with Crippen molar-refractivity contribution in [3.05, 3.63) is 80.9 Å². The van der Waals surface area contributed by atoms with Crippen molar-refractivity contribution in [3.8, 4) is 0 Å². The molecule has 0 saturated heterocycles. The quantitative estimate of drug-likeness (QED) is 0.272. The van der Waals surface area contributed by atoms with Crippen LogP contribution in [0.25, 0.3) is 21.9 Å². The Kier molecular flexibility index (Phi) is 7.95. The van der Waals surface area contributed by atoms with Crippen molar-refractivity contribution in [2.75, 3.05) is 6.54 Å². The third-order valence-corrected chi connectivity index (χ3v) is 6.71. The molecule has 0 aliphatic carbocycles. The monoisotopic (exact) mass is 518 g/mol. The van der Waals surface area contributed by atoms with Gasteiger partial charge in [-0.1, -0.05) is 30.3 Å². The van der Waals surface area contributed by atoms with Gasteiger partial charge in [-0.15, -0.1) is 0 Å². The highest BCUT2D eigenvalue weighted by molar-refractivity contribution is 5.99. The highest BCUT2D eigenvalue weighted by atomic mass is 16.4. The molecule has 3 N–H and O–H groups in total. The van der Waals surface area contributed by atoms with E-state index in [2.05, 4.69) is 10.6 Å². The highest BCUT2D eigenvalue weighted by Gasteiger charge is 2.23. The van der Waals surface area contributed by atoms with E-state index in [-0.39, 0.29) is 32.2 Å². The van der Waals surface area contributed by atoms with Crippen molar-refractivity contribution in [1.29, 1.82) is 0 Å². The summed E-state index contributed by atoms with van der Waals surface area (Å²) in [6.07, 6.45) is 1.78. The van der Waals surface area contributed by atoms with Crippen LogP contribution >= 0.6 is 0 Å². The largest absolute Gasteiger partial charge is 0.481 e. The van der Waals surface area contributed by atoms with Crippen molar-refractivity contribution >= 4 is 39.7 Å². The van der Waals surface area contributed by atoms with Crippen LogP contribution in [0.4, 0.5) is 0 Å². The highest BCUT2D eigenvalue weighted by Crippen LogP contribution is 2.32. The van der Waals surface area contributed by atoms with Crippen LogP contribution in [0.15, 0.2) is 56.3 Å². The van der Waals surface area contributed by atoms with Crippen LogP contribution in [-0.2, 0) is 27.2 Å². The number of carbonyl (C=O) groups is 3. The van der Waals surface area contributed by atoms with Gasteiger partial charge in [0.25, 0.3) is 0 Å². The number of furan rings is 1. The lowest BCUT2D eigenvalue weighted by Gasteiger charge is -2.19. The van der Waals surface area contributed by atoms with Gasteiger partial charge in [0.1, 0.15) is 17.2 Å².